The van der Waals surface area contributed by atoms with Gasteiger partial charge in [0.2, 0.25) is 0 Å². The van der Waals surface area contributed by atoms with Gasteiger partial charge in [-0.25, -0.2) is 10.3 Å². The summed E-state index contributed by atoms with van der Waals surface area (Å²) in [5.74, 6) is 0.800. The van der Waals surface area contributed by atoms with E-state index in [2.05, 4.69) is 10.3 Å². The number of hydrogen-bond donors (Lipinski definition) is 0. The summed E-state index contributed by atoms with van der Waals surface area (Å²) in [4.78, 5) is 3.99. The molecule has 1 radical (unpaired) electrons. The fraction of sp³-hybridized carbons (Fsp3) is 0.571. The Labute approximate surface area is 67.0 Å². The fourth-order valence-corrected chi connectivity index (χ4v) is 1.51. The average Bonchev–Trinajstić information content (AvgIpc) is 2.32. The quantitative estimate of drug-likeness (QED) is 0.593. The van der Waals surface area contributed by atoms with Crippen molar-refractivity contribution in [3.63, 3.8) is 0 Å². The largest absolute Gasteiger partial charge is 0.324 e. The molecule has 1 heterocycles. The monoisotopic (exact) mass is 171 g/mol. The highest BCUT2D eigenvalue weighted by Crippen LogP contribution is 2.36. The van der Waals surface area contributed by atoms with Crippen LogP contribution in [0, 0.1) is 0 Å². The zero-order chi connectivity index (χ0) is 8.32. The van der Waals surface area contributed by atoms with Crippen molar-refractivity contribution >= 4 is 13.0 Å². The van der Waals surface area contributed by atoms with Crippen molar-refractivity contribution in [2.45, 2.75) is 6.42 Å². The lowest BCUT2D eigenvalue weighted by molar-refractivity contribution is 0.582. The molecule has 0 N–H and O–H groups in total. The molecule has 0 saturated heterocycles. The Balaban J connectivity index is 2.29. The second kappa shape index (κ2) is 3.22. The first-order chi connectivity index (χ1) is 5.08. The molecule has 0 spiro atoms. The minimum absolute atomic E-state index is 0.705. The van der Waals surface area contributed by atoms with Crippen molar-refractivity contribution in [3.05, 3.63) is 12.4 Å². The normalized spacial score (nSPS) is 16.4. The van der Waals surface area contributed by atoms with Gasteiger partial charge in [-0.2, -0.15) is 0 Å². The maximum absolute atomic E-state index is 11.3. The smallest absolute Gasteiger partial charge is 0.128 e. The minimum atomic E-state index is -1.89. The topological polar surface area (TPSA) is 43.5 Å². The molecule has 4 heteroatoms. The first-order valence-electron chi connectivity index (χ1n) is 3.54. The lowest BCUT2D eigenvalue weighted by Crippen LogP contribution is -2.07. The van der Waals surface area contributed by atoms with Gasteiger partial charge in [-0.3, -0.25) is 0 Å². The van der Waals surface area contributed by atoms with Crippen LogP contribution in [0.5, 0.6) is 0 Å². The molecule has 0 aliphatic carbocycles. The minimum Gasteiger partial charge on any atom is -0.324 e. The van der Waals surface area contributed by atoms with Gasteiger partial charge in [0.1, 0.15) is 5.84 Å². The molecule has 0 fully saturated rings. The van der Waals surface area contributed by atoms with Gasteiger partial charge in [0.05, 0.1) is 7.14 Å². The van der Waals surface area contributed by atoms with Crippen LogP contribution in [0.15, 0.2) is 17.4 Å². The summed E-state index contributed by atoms with van der Waals surface area (Å²) in [6, 6.07) is 0. The lowest BCUT2D eigenvalue weighted by atomic mass is 10.4. The third-order valence-corrected chi connectivity index (χ3v) is 2.69. The van der Waals surface area contributed by atoms with E-state index in [9.17, 15) is 4.57 Å². The maximum atomic E-state index is 11.3. The van der Waals surface area contributed by atoms with Gasteiger partial charge >= 0.3 is 0 Å². The standard InChI is InChI=1S/C7H12N2OP/c1-11(2,10)6-3-7-8-4-5-9-7/h4-5H,3,6H2,1-2H3. The molecule has 61 valence electrons. The maximum Gasteiger partial charge on any atom is 0.128 e. The van der Waals surface area contributed by atoms with E-state index in [-0.39, 0.29) is 0 Å². The van der Waals surface area contributed by atoms with E-state index in [0.29, 0.717) is 6.16 Å². The summed E-state index contributed by atoms with van der Waals surface area (Å²) in [6.45, 7) is 3.58. The Hall–Kier alpha value is -0.560. The molecule has 0 unspecified atom stereocenters. The van der Waals surface area contributed by atoms with E-state index < -0.39 is 7.14 Å². The Morgan fingerprint density at radius 2 is 2.18 bits per heavy atom. The van der Waals surface area contributed by atoms with Crippen LogP contribution < -0.4 is 5.32 Å². The second-order valence-electron chi connectivity index (χ2n) is 3.02. The number of nitrogens with zero attached hydrogens (tertiary/aromatic N) is 2. The molecule has 0 aromatic rings. The van der Waals surface area contributed by atoms with Crippen molar-refractivity contribution in [1.29, 1.82) is 0 Å². The highest BCUT2D eigenvalue weighted by molar-refractivity contribution is 7.62. The summed E-state index contributed by atoms with van der Waals surface area (Å²) in [7, 11) is -1.89. The van der Waals surface area contributed by atoms with E-state index >= 15 is 0 Å². The van der Waals surface area contributed by atoms with Crippen LogP contribution in [0.4, 0.5) is 0 Å². The molecule has 0 saturated carbocycles. The van der Waals surface area contributed by atoms with Crippen molar-refractivity contribution in [2.24, 2.45) is 4.99 Å². The number of amidine groups is 1. The van der Waals surface area contributed by atoms with Gasteiger partial charge in [-0.1, -0.05) is 0 Å². The molecule has 0 atom stereocenters. The molecule has 3 nitrogen and oxygen atoms in total. The van der Waals surface area contributed by atoms with Crippen molar-refractivity contribution in [1.82, 2.24) is 5.32 Å². The predicted molar refractivity (Wildman–Crippen MR) is 47.6 cm³/mol. The zero-order valence-electron chi connectivity index (χ0n) is 6.82. The summed E-state index contributed by atoms with van der Waals surface area (Å²) in [5, 5.41) is 3.99. The summed E-state index contributed by atoms with van der Waals surface area (Å²) in [5.41, 5.74) is 0. The lowest BCUT2D eigenvalue weighted by Gasteiger charge is -2.04. The molecule has 1 aliphatic heterocycles. The van der Waals surface area contributed by atoms with Crippen molar-refractivity contribution in [3.8, 4) is 0 Å². The summed E-state index contributed by atoms with van der Waals surface area (Å²) >= 11 is 0. The van der Waals surface area contributed by atoms with Gasteiger partial charge in [0.25, 0.3) is 0 Å². The van der Waals surface area contributed by atoms with Gasteiger partial charge in [0, 0.05) is 25.0 Å². The molecule has 0 aromatic heterocycles. The average molecular weight is 171 g/mol. The van der Waals surface area contributed by atoms with Crippen LogP contribution >= 0.6 is 7.14 Å². The van der Waals surface area contributed by atoms with Crippen LogP contribution in [0.25, 0.3) is 0 Å². The number of rotatable bonds is 3. The molecule has 1 rings (SSSR count). The van der Waals surface area contributed by atoms with Crippen LogP contribution in [0.3, 0.4) is 0 Å². The second-order valence-corrected chi connectivity index (χ2v) is 6.62. The molecular weight excluding hydrogens is 159 g/mol. The molecule has 0 aromatic carbocycles. The van der Waals surface area contributed by atoms with E-state index in [1.54, 1.807) is 25.7 Å². The van der Waals surface area contributed by atoms with E-state index in [1.807, 2.05) is 0 Å². The first-order valence-corrected chi connectivity index (χ1v) is 6.33. The van der Waals surface area contributed by atoms with Crippen LogP contribution in [-0.2, 0) is 4.57 Å². The third-order valence-electron chi connectivity index (χ3n) is 1.39. The van der Waals surface area contributed by atoms with E-state index in [1.165, 1.54) is 0 Å². The van der Waals surface area contributed by atoms with E-state index in [0.717, 1.165) is 12.3 Å². The zero-order valence-corrected chi connectivity index (χ0v) is 7.71. The highest BCUT2D eigenvalue weighted by atomic mass is 31.2. The predicted octanol–water partition coefficient (Wildman–Crippen LogP) is 1.49. The van der Waals surface area contributed by atoms with Gasteiger partial charge < -0.3 is 4.57 Å². The molecule has 1 aliphatic rings. The van der Waals surface area contributed by atoms with E-state index in [4.69, 9.17) is 0 Å². The van der Waals surface area contributed by atoms with Gasteiger partial charge in [0.15, 0.2) is 0 Å². The Morgan fingerprint density at radius 1 is 1.45 bits per heavy atom. The van der Waals surface area contributed by atoms with Crippen molar-refractivity contribution in [2.75, 3.05) is 19.5 Å². The Bertz CT molecular complexity index is 239. The third kappa shape index (κ3) is 3.38. The number of hydrogen-bond acceptors (Lipinski definition) is 2. The first kappa shape index (κ1) is 8.54. The van der Waals surface area contributed by atoms with Crippen LogP contribution in [0.2, 0.25) is 0 Å². The highest BCUT2D eigenvalue weighted by Gasteiger charge is 2.10. The SMILES string of the molecule is CP(C)(=O)CCC1=NC=C[N]1. The van der Waals surface area contributed by atoms with Gasteiger partial charge in [-0.15, -0.1) is 0 Å². The molecule has 11 heavy (non-hydrogen) atoms. The number of aliphatic imine (C=N–C) groups is 1. The summed E-state index contributed by atoms with van der Waals surface area (Å²) < 4.78 is 11.3. The molecular formula is C7H12N2OP. The van der Waals surface area contributed by atoms with Crippen molar-refractivity contribution < 1.29 is 4.57 Å². The van der Waals surface area contributed by atoms with Crippen LogP contribution in [-0.4, -0.2) is 25.3 Å². The van der Waals surface area contributed by atoms with Crippen LogP contribution in [0.1, 0.15) is 6.42 Å². The summed E-state index contributed by atoms with van der Waals surface area (Å²) in [6.07, 6.45) is 4.76. The Kier molecular flexibility index (Phi) is 2.50. The molecule has 0 bridgehead atoms. The fourth-order valence-electron chi connectivity index (χ4n) is 0.770. The van der Waals surface area contributed by atoms with Gasteiger partial charge in [-0.05, 0) is 13.3 Å². The Morgan fingerprint density at radius 3 is 2.64 bits per heavy atom. The molecule has 0 amide bonds.